The molecule has 2 aliphatic heterocycles. The Morgan fingerprint density at radius 3 is 2.67 bits per heavy atom. The number of hydrogen-bond acceptors (Lipinski definition) is 4. The number of ketones is 1. The highest BCUT2D eigenvalue weighted by Crippen LogP contribution is 2.34. The van der Waals surface area contributed by atoms with Crippen LogP contribution < -0.4 is 5.32 Å². The van der Waals surface area contributed by atoms with E-state index in [4.69, 9.17) is 11.6 Å². The lowest BCUT2D eigenvalue weighted by Crippen LogP contribution is -2.44. The van der Waals surface area contributed by atoms with Gasteiger partial charge in [0, 0.05) is 54.3 Å². The van der Waals surface area contributed by atoms with Crippen molar-refractivity contribution >= 4 is 34.7 Å². The first-order valence-electron chi connectivity index (χ1n) is 13.6. The molecule has 0 saturated carbocycles. The Morgan fingerprint density at radius 2 is 1.92 bits per heavy atom. The predicted octanol–water partition coefficient (Wildman–Crippen LogP) is 7.11. The summed E-state index contributed by atoms with van der Waals surface area (Å²) in [4.78, 5) is 33.3. The molecule has 1 atom stereocenters. The summed E-state index contributed by atoms with van der Waals surface area (Å²) in [6.45, 7) is 6.91. The Kier molecular flexibility index (Phi) is 8.90. The Balaban J connectivity index is 1.49. The number of amidine groups is 1. The van der Waals surface area contributed by atoms with E-state index in [-0.39, 0.29) is 40.6 Å². The fourth-order valence-electron chi connectivity index (χ4n) is 5.22. The lowest BCUT2D eigenvalue weighted by atomic mass is 9.80. The molecule has 4 rings (SSSR count). The molecule has 0 spiro atoms. The number of nitrogens with zero attached hydrogens (tertiary/aromatic N) is 2. The van der Waals surface area contributed by atoms with E-state index >= 15 is 0 Å². The van der Waals surface area contributed by atoms with Crippen molar-refractivity contribution in [2.45, 2.75) is 58.8 Å². The molecule has 1 fully saturated rings. The molecule has 5 nitrogen and oxygen atoms in total. The van der Waals surface area contributed by atoms with Crippen molar-refractivity contribution < 1.29 is 18.4 Å². The van der Waals surface area contributed by atoms with Gasteiger partial charge in [-0.15, -0.1) is 0 Å². The van der Waals surface area contributed by atoms with Gasteiger partial charge in [-0.1, -0.05) is 56.6 Å². The number of carbonyl (C=O) groups excluding carboxylic acids is 2. The molecule has 2 aliphatic rings. The molecule has 8 heteroatoms. The first-order chi connectivity index (χ1) is 18.5. The maximum Gasteiger partial charge on any atom is 0.273 e. The van der Waals surface area contributed by atoms with Gasteiger partial charge in [0.2, 0.25) is 5.78 Å². The summed E-state index contributed by atoms with van der Waals surface area (Å²) >= 11 is 6.15. The van der Waals surface area contributed by atoms with Gasteiger partial charge in [-0.3, -0.25) is 14.6 Å². The van der Waals surface area contributed by atoms with Gasteiger partial charge >= 0.3 is 0 Å². The Hall–Kier alpha value is -3.06. The average molecular weight is 556 g/mol. The molecular weight excluding hydrogens is 520 g/mol. The molecule has 1 unspecified atom stereocenters. The van der Waals surface area contributed by atoms with Crippen molar-refractivity contribution in [2.24, 2.45) is 16.3 Å². The number of benzene rings is 2. The van der Waals surface area contributed by atoms with Crippen molar-refractivity contribution in [3.05, 3.63) is 76.4 Å². The monoisotopic (exact) mass is 555 g/mol. The summed E-state index contributed by atoms with van der Waals surface area (Å²) in [5, 5.41) is 3.78. The zero-order valence-electron chi connectivity index (χ0n) is 22.8. The molecule has 2 heterocycles. The molecule has 1 saturated heterocycles. The molecule has 0 bridgehead atoms. The number of amides is 1. The summed E-state index contributed by atoms with van der Waals surface area (Å²) in [5.41, 5.74) is 1.86. The highest BCUT2D eigenvalue weighted by molar-refractivity contribution is 6.40. The molecule has 2 aromatic rings. The fourth-order valence-corrected chi connectivity index (χ4v) is 5.41. The van der Waals surface area contributed by atoms with Crippen LogP contribution in [0.1, 0.15) is 74.4 Å². The van der Waals surface area contributed by atoms with Crippen LogP contribution in [0.5, 0.6) is 0 Å². The van der Waals surface area contributed by atoms with Crippen molar-refractivity contribution in [3.8, 4) is 0 Å². The van der Waals surface area contributed by atoms with E-state index in [9.17, 15) is 18.4 Å². The molecule has 2 aromatic carbocycles. The Bertz CT molecular complexity index is 1290. The molecule has 0 radical (unpaired) electrons. The highest BCUT2D eigenvalue weighted by Gasteiger charge is 2.34. The van der Waals surface area contributed by atoms with Crippen molar-refractivity contribution in [3.63, 3.8) is 0 Å². The summed E-state index contributed by atoms with van der Waals surface area (Å²) in [6.07, 6.45) is 4.10. The van der Waals surface area contributed by atoms with Crippen LogP contribution in [0.25, 0.3) is 5.57 Å². The minimum absolute atomic E-state index is 0.0618. The minimum atomic E-state index is -2.99. The van der Waals surface area contributed by atoms with E-state index in [1.165, 1.54) is 25.1 Å². The molecule has 39 heavy (non-hydrogen) atoms. The van der Waals surface area contributed by atoms with Gasteiger partial charge in [0.15, 0.2) is 5.84 Å². The van der Waals surface area contributed by atoms with E-state index in [2.05, 4.69) is 24.2 Å². The third-order valence-electron chi connectivity index (χ3n) is 7.63. The zero-order valence-corrected chi connectivity index (χ0v) is 23.5. The molecular formula is C31H36ClF2N3O2. The van der Waals surface area contributed by atoms with E-state index in [0.29, 0.717) is 49.8 Å². The van der Waals surface area contributed by atoms with Crippen molar-refractivity contribution in [1.29, 1.82) is 0 Å². The van der Waals surface area contributed by atoms with Gasteiger partial charge < -0.3 is 10.2 Å². The topological polar surface area (TPSA) is 61.8 Å². The Morgan fingerprint density at radius 1 is 1.15 bits per heavy atom. The number of halogens is 3. The lowest BCUT2D eigenvalue weighted by Gasteiger charge is -2.37. The normalized spacial score (nSPS) is 20.1. The summed E-state index contributed by atoms with van der Waals surface area (Å²) in [5.74, 6) is -3.31. The SMILES string of the molecule is CCC(F)(F)c1cccc(C(=O)N2CCC(C(=O)C3=NCCC(c4cccc(Cl)c4)=CN3)CCC(C)(C)C2)c1. The maximum atomic E-state index is 14.3. The van der Waals surface area contributed by atoms with Crippen LogP contribution in [0.2, 0.25) is 5.02 Å². The number of nitrogens with one attached hydrogen (secondary N) is 1. The number of rotatable bonds is 6. The molecule has 1 amide bonds. The number of aliphatic imine (C=N–C) groups is 1. The molecule has 208 valence electrons. The van der Waals surface area contributed by atoms with Crippen LogP contribution in [0.15, 0.2) is 59.7 Å². The average Bonchev–Trinajstić information content (AvgIpc) is 3.17. The first-order valence-corrected chi connectivity index (χ1v) is 13.9. The molecule has 0 aliphatic carbocycles. The van der Waals surface area contributed by atoms with Crippen LogP contribution >= 0.6 is 11.6 Å². The largest absolute Gasteiger partial charge is 0.344 e. The number of Topliss-reactive ketones (excluding diaryl/α,β-unsaturated/α-hetero) is 1. The number of likely N-dealkylation sites (tertiary alicyclic amines) is 1. The van der Waals surface area contributed by atoms with Crippen molar-refractivity contribution in [2.75, 3.05) is 19.6 Å². The second-order valence-corrected chi connectivity index (χ2v) is 11.7. The predicted molar refractivity (Wildman–Crippen MR) is 152 cm³/mol. The summed E-state index contributed by atoms with van der Waals surface area (Å²) in [6, 6.07) is 13.3. The maximum absolute atomic E-state index is 14.3. The highest BCUT2D eigenvalue weighted by atomic mass is 35.5. The fraction of sp³-hybridized carbons (Fsp3) is 0.452. The molecule has 0 aromatic heterocycles. The van der Waals surface area contributed by atoms with Gasteiger partial charge in [-0.2, -0.15) is 0 Å². The van der Waals surface area contributed by atoms with Crippen LogP contribution in [-0.2, 0) is 10.7 Å². The van der Waals surface area contributed by atoms with Gasteiger partial charge in [-0.05, 0) is 66.5 Å². The Labute approximate surface area is 234 Å². The lowest BCUT2D eigenvalue weighted by molar-refractivity contribution is -0.117. The summed E-state index contributed by atoms with van der Waals surface area (Å²) in [7, 11) is 0. The van der Waals surface area contributed by atoms with E-state index < -0.39 is 5.92 Å². The second kappa shape index (κ2) is 12.0. The van der Waals surface area contributed by atoms with Gasteiger partial charge in [0.05, 0.1) is 0 Å². The number of hydrogen-bond donors (Lipinski definition) is 1. The van der Waals surface area contributed by atoms with Gasteiger partial charge in [0.1, 0.15) is 0 Å². The minimum Gasteiger partial charge on any atom is -0.344 e. The first kappa shape index (κ1) is 28.9. The quantitative estimate of drug-likeness (QED) is 0.413. The third kappa shape index (κ3) is 7.13. The van der Waals surface area contributed by atoms with Crippen LogP contribution in [0.3, 0.4) is 0 Å². The van der Waals surface area contributed by atoms with E-state index in [0.717, 1.165) is 17.6 Å². The second-order valence-electron chi connectivity index (χ2n) is 11.2. The molecule has 1 N–H and O–H groups in total. The summed E-state index contributed by atoms with van der Waals surface area (Å²) < 4.78 is 28.6. The number of carbonyl (C=O) groups is 2. The van der Waals surface area contributed by atoms with E-state index in [1.807, 2.05) is 30.5 Å². The third-order valence-corrected chi connectivity index (χ3v) is 7.87. The standard InChI is InChI=1S/C31H36ClF2N3O2/c1-4-31(33,34)25-9-5-8-23(17-25)29(39)37-16-13-21(11-14-30(2,3)20-37)27(38)28-35-15-12-24(19-36-28)22-7-6-10-26(32)18-22/h5-10,17-19,21H,4,11-16,20H2,1-3H3,(H,35,36). The van der Waals surface area contributed by atoms with Crippen LogP contribution in [0.4, 0.5) is 8.78 Å². The zero-order chi connectivity index (χ0) is 28.2. The van der Waals surface area contributed by atoms with E-state index in [1.54, 1.807) is 11.0 Å². The smallest absolute Gasteiger partial charge is 0.273 e. The van der Waals surface area contributed by atoms with Crippen LogP contribution in [0, 0.1) is 11.3 Å². The van der Waals surface area contributed by atoms with Crippen molar-refractivity contribution in [1.82, 2.24) is 10.2 Å². The van der Waals surface area contributed by atoms with Gasteiger partial charge in [0.25, 0.3) is 11.8 Å². The number of alkyl halides is 2. The van der Waals surface area contributed by atoms with Crippen LogP contribution in [-0.4, -0.2) is 42.1 Å². The van der Waals surface area contributed by atoms with Gasteiger partial charge in [-0.25, -0.2) is 8.78 Å².